The second kappa shape index (κ2) is 11.0. The van der Waals surface area contributed by atoms with E-state index in [0.717, 1.165) is 16.3 Å². The predicted octanol–water partition coefficient (Wildman–Crippen LogP) is 5.26. The molecule has 0 heterocycles. The van der Waals surface area contributed by atoms with Crippen molar-refractivity contribution in [2.45, 2.75) is 20.0 Å². The fraction of sp³-hybridized carbons (Fsp3) is 0.107. The van der Waals surface area contributed by atoms with Crippen molar-refractivity contribution in [3.8, 4) is 11.5 Å². The number of phenolic OH excluding ortho intramolecular Hbond substituents is 1. The molecule has 0 atom stereocenters. The van der Waals surface area contributed by atoms with Crippen LogP contribution in [0, 0.1) is 0 Å². The second-order valence-corrected chi connectivity index (χ2v) is 8.03. The van der Waals surface area contributed by atoms with Crippen molar-refractivity contribution in [1.29, 1.82) is 0 Å². The van der Waals surface area contributed by atoms with E-state index in [1.165, 1.54) is 6.07 Å². The first-order chi connectivity index (χ1) is 17.0. The minimum Gasteiger partial charge on any atom is -0.507 e. The Hall–Kier alpha value is -4.65. The lowest BCUT2D eigenvalue weighted by Gasteiger charge is -2.09. The van der Waals surface area contributed by atoms with Crippen LogP contribution < -0.4 is 15.5 Å². The molecule has 0 aromatic heterocycles. The van der Waals surface area contributed by atoms with E-state index in [4.69, 9.17) is 4.74 Å². The standard InChI is InChI=1S/C28H25N3O4/c1-19(30-31-28(34)25-16-21-9-5-6-10-22(21)17-26(25)32)15-27(33)29-23-11-13-24(14-12-23)35-18-20-7-3-2-4-8-20/h2-14,16-17,32H,15,18H2,1H3,(H,29,33)(H,31,34)/b30-19+. The molecular weight excluding hydrogens is 442 g/mol. The van der Waals surface area contributed by atoms with Crippen molar-refractivity contribution in [2.75, 3.05) is 5.32 Å². The second-order valence-electron chi connectivity index (χ2n) is 8.03. The number of phenols is 1. The molecule has 0 aliphatic heterocycles. The van der Waals surface area contributed by atoms with Gasteiger partial charge in [-0.2, -0.15) is 5.10 Å². The quantitative estimate of drug-likeness (QED) is 0.243. The van der Waals surface area contributed by atoms with Gasteiger partial charge in [-0.05, 0) is 59.7 Å². The van der Waals surface area contributed by atoms with Gasteiger partial charge in [0, 0.05) is 11.4 Å². The predicted molar refractivity (Wildman–Crippen MR) is 137 cm³/mol. The number of ether oxygens (including phenoxy) is 1. The number of rotatable bonds is 8. The van der Waals surface area contributed by atoms with E-state index in [9.17, 15) is 14.7 Å². The van der Waals surface area contributed by atoms with E-state index >= 15 is 0 Å². The molecule has 0 spiro atoms. The molecule has 7 nitrogen and oxygen atoms in total. The SMILES string of the molecule is C/C(CC(=O)Nc1ccc(OCc2ccccc2)cc1)=N\NC(=O)c1cc2ccccc2cc1O. The maximum atomic E-state index is 12.5. The van der Waals surface area contributed by atoms with Crippen molar-refractivity contribution in [1.82, 2.24) is 5.43 Å². The number of carbonyl (C=O) groups is 2. The van der Waals surface area contributed by atoms with Crippen LogP contribution >= 0.6 is 0 Å². The molecule has 35 heavy (non-hydrogen) atoms. The molecule has 0 bridgehead atoms. The molecule has 4 aromatic carbocycles. The smallest absolute Gasteiger partial charge is 0.275 e. The maximum Gasteiger partial charge on any atom is 0.275 e. The van der Waals surface area contributed by atoms with Crippen LogP contribution in [0.5, 0.6) is 11.5 Å². The number of hydrogen-bond donors (Lipinski definition) is 3. The van der Waals surface area contributed by atoms with Crippen LogP contribution in [0.15, 0.2) is 96.1 Å². The third kappa shape index (κ3) is 6.45. The zero-order chi connectivity index (χ0) is 24.6. The van der Waals surface area contributed by atoms with E-state index in [-0.39, 0.29) is 23.6 Å². The molecule has 0 fully saturated rings. The Morgan fingerprint density at radius 3 is 2.26 bits per heavy atom. The van der Waals surface area contributed by atoms with E-state index in [1.54, 1.807) is 37.3 Å². The van der Waals surface area contributed by atoms with Crippen molar-refractivity contribution in [3.63, 3.8) is 0 Å². The first kappa shape index (κ1) is 23.5. The monoisotopic (exact) mass is 467 g/mol. The number of carbonyl (C=O) groups excluding carboxylic acids is 2. The third-order valence-corrected chi connectivity index (χ3v) is 5.26. The molecule has 0 radical (unpaired) electrons. The number of hydrazone groups is 1. The zero-order valence-corrected chi connectivity index (χ0v) is 19.2. The van der Waals surface area contributed by atoms with E-state index in [0.29, 0.717) is 23.8 Å². The molecular formula is C28H25N3O4. The molecule has 4 rings (SSSR count). The lowest BCUT2D eigenvalue weighted by molar-refractivity contribution is -0.115. The number of anilines is 1. The summed E-state index contributed by atoms with van der Waals surface area (Å²) in [6.07, 6.45) is -0.00373. The fourth-order valence-corrected chi connectivity index (χ4v) is 3.47. The Morgan fingerprint density at radius 2 is 1.54 bits per heavy atom. The minimum absolute atomic E-state index is 0.00373. The number of nitrogens with one attached hydrogen (secondary N) is 2. The zero-order valence-electron chi connectivity index (χ0n) is 19.2. The number of amides is 2. The van der Waals surface area contributed by atoms with Crippen LogP contribution in [0.25, 0.3) is 10.8 Å². The normalized spacial score (nSPS) is 11.2. The topological polar surface area (TPSA) is 100 Å². The highest BCUT2D eigenvalue weighted by Gasteiger charge is 2.13. The Morgan fingerprint density at radius 1 is 0.886 bits per heavy atom. The van der Waals surface area contributed by atoms with Gasteiger partial charge in [-0.3, -0.25) is 9.59 Å². The number of aromatic hydroxyl groups is 1. The maximum absolute atomic E-state index is 12.5. The summed E-state index contributed by atoms with van der Waals surface area (Å²) in [6.45, 7) is 2.10. The molecule has 0 saturated carbocycles. The van der Waals surface area contributed by atoms with Crippen LogP contribution in [0.2, 0.25) is 0 Å². The number of fused-ring (bicyclic) bond motifs is 1. The van der Waals surface area contributed by atoms with E-state index in [2.05, 4.69) is 15.8 Å². The molecule has 2 amide bonds. The Kier molecular flexibility index (Phi) is 7.37. The number of hydrogen-bond acceptors (Lipinski definition) is 5. The van der Waals surface area contributed by atoms with Gasteiger partial charge in [0.25, 0.3) is 5.91 Å². The molecule has 7 heteroatoms. The lowest BCUT2D eigenvalue weighted by Crippen LogP contribution is -2.21. The highest BCUT2D eigenvalue weighted by Crippen LogP contribution is 2.25. The lowest BCUT2D eigenvalue weighted by atomic mass is 10.1. The summed E-state index contributed by atoms with van der Waals surface area (Å²) >= 11 is 0. The van der Waals surface area contributed by atoms with Gasteiger partial charge in [-0.1, -0.05) is 54.6 Å². The van der Waals surface area contributed by atoms with Gasteiger partial charge in [-0.25, -0.2) is 5.43 Å². The van der Waals surface area contributed by atoms with Crippen molar-refractivity contribution < 1.29 is 19.4 Å². The van der Waals surface area contributed by atoms with Gasteiger partial charge in [0.1, 0.15) is 18.1 Å². The first-order valence-corrected chi connectivity index (χ1v) is 11.1. The van der Waals surface area contributed by atoms with E-state index in [1.807, 2.05) is 54.6 Å². The van der Waals surface area contributed by atoms with Gasteiger partial charge < -0.3 is 15.2 Å². The average Bonchev–Trinajstić information content (AvgIpc) is 2.87. The van der Waals surface area contributed by atoms with Crippen LogP contribution in [0.1, 0.15) is 29.3 Å². The Bertz CT molecular complexity index is 1370. The molecule has 0 aliphatic rings. The summed E-state index contributed by atoms with van der Waals surface area (Å²) in [5, 5.41) is 18.6. The molecule has 0 saturated heterocycles. The van der Waals surface area contributed by atoms with Gasteiger partial charge in [0.2, 0.25) is 5.91 Å². The van der Waals surface area contributed by atoms with Crippen LogP contribution in [0.4, 0.5) is 5.69 Å². The van der Waals surface area contributed by atoms with Gasteiger partial charge in [-0.15, -0.1) is 0 Å². The minimum atomic E-state index is -0.556. The molecule has 0 aliphatic carbocycles. The molecule has 0 unspecified atom stereocenters. The van der Waals surface area contributed by atoms with Crippen LogP contribution in [-0.4, -0.2) is 22.6 Å². The van der Waals surface area contributed by atoms with Crippen molar-refractivity contribution >= 4 is 34.0 Å². The summed E-state index contributed by atoms with van der Waals surface area (Å²) in [5.41, 5.74) is 4.62. The summed E-state index contributed by atoms with van der Waals surface area (Å²) in [4.78, 5) is 24.8. The molecule has 176 valence electrons. The Balaban J connectivity index is 1.28. The van der Waals surface area contributed by atoms with Crippen LogP contribution in [-0.2, 0) is 11.4 Å². The fourth-order valence-electron chi connectivity index (χ4n) is 3.47. The highest BCUT2D eigenvalue weighted by molar-refractivity contribution is 6.06. The Labute approximate surface area is 203 Å². The summed E-state index contributed by atoms with van der Waals surface area (Å²) in [7, 11) is 0. The van der Waals surface area contributed by atoms with Crippen molar-refractivity contribution in [3.05, 3.63) is 102 Å². The first-order valence-electron chi connectivity index (χ1n) is 11.1. The average molecular weight is 468 g/mol. The summed E-state index contributed by atoms with van der Waals surface area (Å²) < 4.78 is 5.75. The molecule has 3 N–H and O–H groups in total. The van der Waals surface area contributed by atoms with E-state index < -0.39 is 5.91 Å². The van der Waals surface area contributed by atoms with Gasteiger partial charge >= 0.3 is 0 Å². The number of nitrogens with zero attached hydrogens (tertiary/aromatic N) is 1. The number of benzene rings is 4. The third-order valence-electron chi connectivity index (χ3n) is 5.26. The summed E-state index contributed by atoms with van der Waals surface area (Å²) in [6, 6.07) is 27.5. The highest BCUT2D eigenvalue weighted by atomic mass is 16.5. The van der Waals surface area contributed by atoms with Crippen molar-refractivity contribution in [2.24, 2.45) is 5.10 Å². The summed E-state index contributed by atoms with van der Waals surface area (Å²) in [5.74, 6) is -0.265. The molecule has 4 aromatic rings. The van der Waals surface area contributed by atoms with Crippen LogP contribution in [0.3, 0.4) is 0 Å². The van der Waals surface area contributed by atoms with Gasteiger partial charge in [0.15, 0.2) is 0 Å². The largest absolute Gasteiger partial charge is 0.507 e. The van der Waals surface area contributed by atoms with Gasteiger partial charge in [0.05, 0.1) is 12.0 Å².